The van der Waals surface area contributed by atoms with Crippen LogP contribution in [0.5, 0.6) is 0 Å². The van der Waals surface area contributed by atoms with Crippen LogP contribution in [0.3, 0.4) is 0 Å². The molecule has 1 aromatic rings. The highest BCUT2D eigenvalue weighted by atomic mass is 16.6. The molecule has 1 heterocycles. The first kappa shape index (κ1) is 13.7. The van der Waals surface area contributed by atoms with Crippen molar-refractivity contribution in [1.29, 1.82) is 0 Å². The number of nitrogens with zero attached hydrogens (tertiary/aromatic N) is 2. The van der Waals surface area contributed by atoms with Crippen LogP contribution in [0, 0.1) is 0 Å². The van der Waals surface area contributed by atoms with Crippen LogP contribution in [-0.2, 0) is 20.8 Å². The second-order valence-electron chi connectivity index (χ2n) is 4.93. The fourth-order valence-corrected chi connectivity index (χ4v) is 1.24. The molecule has 0 unspecified atom stereocenters. The largest absolute Gasteiger partial charge is 0.459 e. The van der Waals surface area contributed by atoms with Gasteiger partial charge in [-0.3, -0.25) is 4.68 Å². The first-order valence-electron chi connectivity index (χ1n) is 5.68. The van der Waals surface area contributed by atoms with E-state index < -0.39 is 0 Å². The van der Waals surface area contributed by atoms with Crippen LogP contribution < -0.4 is 0 Å². The van der Waals surface area contributed by atoms with Crippen LogP contribution in [0.4, 0.5) is 0 Å². The maximum absolute atomic E-state index is 11.5. The van der Waals surface area contributed by atoms with Gasteiger partial charge in [0.25, 0.3) is 0 Å². The van der Waals surface area contributed by atoms with E-state index >= 15 is 0 Å². The van der Waals surface area contributed by atoms with Gasteiger partial charge in [-0.05, 0) is 33.8 Å². The van der Waals surface area contributed by atoms with Gasteiger partial charge >= 0.3 is 5.97 Å². The van der Waals surface area contributed by atoms with Gasteiger partial charge in [-0.25, -0.2) is 4.79 Å². The normalized spacial score (nSPS) is 13.4. The Morgan fingerprint density at radius 2 is 2.18 bits per heavy atom. The molecule has 1 rings (SSSR count). The zero-order valence-electron chi connectivity index (χ0n) is 10.8. The zero-order chi connectivity index (χ0) is 12.9. The van der Waals surface area contributed by atoms with Crippen molar-refractivity contribution in [3.8, 4) is 0 Å². The van der Waals surface area contributed by atoms with Gasteiger partial charge in [0.1, 0.15) is 12.7 Å². The standard InChI is InChI=1S/C12H20N2O3/c1-10(8-14-7-5-6-13-14)17-11(15)9-16-12(2,3)4/h5-7,10H,8-9H2,1-4H3/t10-/m0/s1. The number of aromatic nitrogens is 2. The topological polar surface area (TPSA) is 53.4 Å². The molecule has 0 amide bonds. The molecule has 0 aliphatic heterocycles. The molecule has 1 aromatic heterocycles. The summed E-state index contributed by atoms with van der Waals surface area (Å²) in [6, 6.07) is 1.83. The third-order valence-corrected chi connectivity index (χ3v) is 1.96. The molecular formula is C12H20N2O3. The Bertz CT molecular complexity index is 341. The summed E-state index contributed by atoms with van der Waals surface area (Å²) in [6.45, 7) is 8.05. The lowest BCUT2D eigenvalue weighted by molar-refractivity contribution is -0.159. The summed E-state index contributed by atoms with van der Waals surface area (Å²) in [5, 5.41) is 4.04. The van der Waals surface area contributed by atoms with E-state index in [1.54, 1.807) is 10.9 Å². The molecule has 17 heavy (non-hydrogen) atoms. The number of carbonyl (C=O) groups excluding carboxylic acids is 1. The van der Waals surface area contributed by atoms with Crippen molar-refractivity contribution in [2.75, 3.05) is 6.61 Å². The van der Waals surface area contributed by atoms with Crippen molar-refractivity contribution in [1.82, 2.24) is 9.78 Å². The minimum absolute atomic E-state index is 0.0209. The molecule has 0 aromatic carbocycles. The van der Waals surface area contributed by atoms with Crippen LogP contribution in [0.25, 0.3) is 0 Å². The van der Waals surface area contributed by atoms with Gasteiger partial charge in [0.2, 0.25) is 0 Å². The number of hydrogen-bond acceptors (Lipinski definition) is 4. The lowest BCUT2D eigenvalue weighted by atomic mass is 10.2. The van der Waals surface area contributed by atoms with Gasteiger partial charge in [0.15, 0.2) is 0 Å². The van der Waals surface area contributed by atoms with E-state index in [-0.39, 0.29) is 24.3 Å². The molecule has 0 bridgehead atoms. The van der Waals surface area contributed by atoms with Crippen molar-refractivity contribution in [3.05, 3.63) is 18.5 Å². The highest BCUT2D eigenvalue weighted by molar-refractivity contribution is 5.70. The van der Waals surface area contributed by atoms with Gasteiger partial charge in [0.05, 0.1) is 12.1 Å². The Balaban J connectivity index is 2.26. The lowest BCUT2D eigenvalue weighted by Crippen LogP contribution is -2.28. The Kier molecular flexibility index (Phi) is 4.69. The molecule has 5 nitrogen and oxygen atoms in total. The number of ether oxygens (including phenoxy) is 2. The minimum Gasteiger partial charge on any atom is -0.459 e. The molecule has 0 saturated carbocycles. The number of esters is 1. The first-order chi connectivity index (χ1) is 7.87. The second kappa shape index (κ2) is 5.82. The summed E-state index contributed by atoms with van der Waals surface area (Å²) in [5.41, 5.74) is -0.329. The predicted octanol–water partition coefficient (Wildman–Crippen LogP) is 1.63. The monoisotopic (exact) mass is 240 g/mol. The maximum atomic E-state index is 11.5. The Hall–Kier alpha value is -1.36. The summed E-state index contributed by atoms with van der Waals surface area (Å²) < 4.78 is 12.2. The number of rotatable bonds is 5. The fraction of sp³-hybridized carbons (Fsp3) is 0.667. The van der Waals surface area contributed by atoms with E-state index in [0.29, 0.717) is 6.54 Å². The molecule has 0 saturated heterocycles. The van der Waals surface area contributed by atoms with Crippen molar-refractivity contribution >= 4 is 5.97 Å². The molecular weight excluding hydrogens is 220 g/mol. The van der Waals surface area contributed by atoms with Crippen LogP contribution in [0.2, 0.25) is 0 Å². The molecule has 0 fully saturated rings. The summed E-state index contributed by atoms with van der Waals surface area (Å²) in [4.78, 5) is 11.5. The smallest absolute Gasteiger partial charge is 0.332 e. The molecule has 5 heteroatoms. The van der Waals surface area contributed by atoms with Crippen LogP contribution in [0.1, 0.15) is 27.7 Å². The quantitative estimate of drug-likeness (QED) is 0.734. The van der Waals surface area contributed by atoms with Crippen molar-refractivity contribution in [2.45, 2.75) is 45.9 Å². The third kappa shape index (κ3) is 6.06. The Morgan fingerprint density at radius 1 is 1.47 bits per heavy atom. The van der Waals surface area contributed by atoms with E-state index in [2.05, 4.69) is 5.10 Å². The highest BCUT2D eigenvalue weighted by Gasteiger charge is 2.15. The van der Waals surface area contributed by atoms with E-state index in [4.69, 9.17) is 9.47 Å². The van der Waals surface area contributed by atoms with E-state index in [1.165, 1.54) is 0 Å². The van der Waals surface area contributed by atoms with Crippen molar-refractivity contribution in [3.63, 3.8) is 0 Å². The first-order valence-corrected chi connectivity index (χ1v) is 5.68. The summed E-state index contributed by atoms with van der Waals surface area (Å²) in [7, 11) is 0. The van der Waals surface area contributed by atoms with Crippen LogP contribution >= 0.6 is 0 Å². The third-order valence-electron chi connectivity index (χ3n) is 1.96. The van der Waals surface area contributed by atoms with E-state index in [1.807, 2.05) is 40.0 Å². The number of hydrogen-bond donors (Lipinski definition) is 0. The van der Waals surface area contributed by atoms with Gasteiger partial charge in [-0.15, -0.1) is 0 Å². The SMILES string of the molecule is C[C@@H](Cn1cccn1)OC(=O)COC(C)(C)C. The molecule has 0 radical (unpaired) electrons. The molecule has 96 valence electrons. The molecule has 0 aliphatic rings. The molecule has 0 aliphatic carbocycles. The molecule has 0 N–H and O–H groups in total. The average Bonchev–Trinajstić information content (AvgIpc) is 2.66. The Labute approximate surface area is 102 Å². The van der Waals surface area contributed by atoms with Crippen LogP contribution in [0.15, 0.2) is 18.5 Å². The second-order valence-corrected chi connectivity index (χ2v) is 4.93. The van der Waals surface area contributed by atoms with Gasteiger partial charge < -0.3 is 9.47 Å². The van der Waals surface area contributed by atoms with Gasteiger partial charge in [-0.1, -0.05) is 0 Å². The predicted molar refractivity (Wildman–Crippen MR) is 63.5 cm³/mol. The lowest BCUT2D eigenvalue weighted by Gasteiger charge is -2.20. The number of carbonyl (C=O) groups is 1. The molecule has 0 spiro atoms. The summed E-state index contributed by atoms with van der Waals surface area (Å²) in [6.07, 6.45) is 3.30. The van der Waals surface area contributed by atoms with E-state index in [9.17, 15) is 4.79 Å². The summed E-state index contributed by atoms with van der Waals surface area (Å²) >= 11 is 0. The van der Waals surface area contributed by atoms with Gasteiger partial charge in [0, 0.05) is 12.4 Å². The summed E-state index contributed by atoms with van der Waals surface area (Å²) in [5.74, 6) is -0.348. The minimum atomic E-state index is -0.348. The highest BCUT2D eigenvalue weighted by Crippen LogP contribution is 2.06. The fourth-order valence-electron chi connectivity index (χ4n) is 1.24. The van der Waals surface area contributed by atoms with Crippen molar-refractivity contribution in [2.24, 2.45) is 0 Å². The molecule has 1 atom stereocenters. The maximum Gasteiger partial charge on any atom is 0.332 e. The Morgan fingerprint density at radius 3 is 2.71 bits per heavy atom. The van der Waals surface area contributed by atoms with Crippen LogP contribution in [-0.4, -0.2) is 34.1 Å². The van der Waals surface area contributed by atoms with E-state index in [0.717, 1.165) is 0 Å². The zero-order valence-corrected chi connectivity index (χ0v) is 10.8. The van der Waals surface area contributed by atoms with Gasteiger partial charge in [-0.2, -0.15) is 5.10 Å². The van der Waals surface area contributed by atoms with Crippen molar-refractivity contribution < 1.29 is 14.3 Å². The average molecular weight is 240 g/mol.